The van der Waals surface area contributed by atoms with E-state index in [-0.39, 0.29) is 5.82 Å². The minimum absolute atomic E-state index is 0.116. The fraction of sp³-hybridized carbons (Fsp3) is 0.438. The van der Waals surface area contributed by atoms with E-state index in [2.05, 4.69) is 16.5 Å². The fourth-order valence-electron chi connectivity index (χ4n) is 2.63. The van der Waals surface area contributed by atoms with Crippen LogP contribution >= 0.6 is 0 Å². The van der Waals surface area contributed by atoms with Crippen LogP contribution in [0.25, 0.3) is 0 Å². The highest BCUT2D eigenvalue weighted by Crippen LogP contribution is 2.17. The van der Waals surface area contributed by atoms with Crippen LogP contribution in [0.5, 0.6) is 0 Å². The van der Waals surface area contributed by atoms with Crippen LogP contribution < -0.4 is 5.32 Å². The second-order valence-corrected chi connectivity index (χ2v) is 5.32. The third-order valence-electron chi connectivity index (χ3n) is 3.56. The normalized spacial score (nSPS) is 12.6. The maximum atomic E-state index is 13.8. The predicted octanol–water partition coefficient (Wildman–Crippen LogP) is 2.49. The van der Waals surface area contributed by atoms with Gasteiger partial charge in [0, 0.05) is 12.7 Å². The molecule has 0 saturated carbocycles. The third kappa shape index (κ3) is 3.67. The van der Waals surface area contributed by atoms with E-state index in [1.54, 1.807) is 6.07 Å². The van der Waals surface area contributed by atoms with Gasteiger partial charge in [0.25, 0.3) is 0 Å². The summed E-state index contributed by atoms with van der Waals surface area (Å²) >= 11 is 0. The van der Waals surface area contributed by atoms with Crippen molar-refractivity contribution >= 4 is 0 Å². The van der Waals surface area contributed by atoms with E-state index in [0.29, 0.717) is 5.92 Å². The van der Waals surface area contributed by atoms with Gasteiger partial charge in [-0.2, -0.15) is 5.10 Å². The molecular weight excluding hydrogens is 253 g/mol. The average molecular weight is 275 g/mol. The Balaban J connectivity index is 2.11. The van der Waals surface area contributed by atoms with Gasteiger partial charge >= 0.3 is 0 Å². The minimum atomic E-state index is -0.116. The van der Waals surface area contributed by atoms with Crippen molar-refractivity contribution in [3.05, 3.63) is 53.1 Å². The monoisotopic (exact) mass is 275 g/mol. The molecule has 0 radical (unpaired) electrons. The summed E-state index contributed by atoms with van der Waals surface area (Å²) in [4.78, 5) is 0. The van der Waals surface area contributed by atoms with Gasteiger partial charge in [-0.3, -0.25) is 4.68 Å². The lowest BCUT2D eigenvalue weighted by Crippen LogP contribution is -2.24. The molecule has 0 fully saturated rings. The first-order chi connectivity index (χ1) is 9.60. The Morgan fingerprint density at radius 1 is 1.30 bits per heavy atom. The Kier molecular flexibility index (Phi) is 4.90. The highest BCUT2D eigenvalue weighted by Gasteiger charge is 2.14. The fourth-order valence-corrected chi connectivity index (χ4v) is 2.63. The molecule has 3 nitrogen and oxygen atoms in total. The summed E-state index contributed by atoms with van der Waals surface area (Å²) in [5, 5.41) is 7.57. The molecule has 0 amide bonds. The van der Waals surface area contributed by atoms with Crippen molar-refractivity contribution in [2.45, 2.75) is 19.8 Å². The second-order valence-electron chi connectivity index (χ2n) is 5.32. The molecule has 2 aromatic rings. The van der Waals surface area contributed by atoms with Gasteiger partial charge < -0.3 is 5.32 Å². The van der Waals surface area contributed by atoms with E-state index in [1.165, 1.54) is 11.8 Å². The van der Waals surface area contributed by atoms with Crippen molar-refractivity contribution in [3.8, 4) is 0 Å². The van der Waals surface area contributed by atoms with E-state index in [4.69, 9.17) is 0 Å². The Bertz CT molecular complexity index is 563. The molecule has 0 spiro atoms. The SMILES string of the molecule is CNCC(Cc1ccccc1F)Cc1cc(C)nn1C. The molecule has 1 atom stereocenters. The molecule has 1 aromatic carbocycles. The lowest BCUT2D eigenvalue weighted by atomic mass is 9.94. The van der Waals surface area contributed by atoms with Gasteiger partial charge in [-0.05, 0) is 57.0 Å². The first-order valence-electron chi connectivity index (χ1n) is 6.97. The topological polar surface area (TPSA) is 29.9 Å². The number of hydrogen-bond donors (Lipinski definition) is 1. The summed E-state index contributed by atoms with van der Waals surface area (Å²) in [5.74, 6) is 0.237. The molecule has 2 rings (SSSR count). The Hall–Kier alpha value is -1.68. The van der Waals surface area contributed by atoms with Gasteiger partial charge in [-0.1, -0.05) is 18.2 Å². The van der Waals surface area contributed by atoms with E-state index in [0.717, 1.165) is 30.6 Å². The predicted molar refractivity (Wildman–Crippen MR) is 79.2 cm³/mol. The van der Waals surface area contributed by atoms with Crippen molar-refractivity contribution in [2.24, 2.45) is 13.0 Å². The van der Waals surface area contributed by atoms with Gasteiger partial charge in [-0.15, -0.1) is 0 Å². The average Bonchev–Trinajstić information content (AvgIpc) is 2.71. The molecule has 20 heavy (non-hydrogen) atoms. The van der Waals surface area contributed by atoms with Gasteiger partial charge in [0.2, 0.25) is 0 Å². The van der Waals surface area contributed by atoms with E-state index in [9.17, 15) is 4.39 Å². The maximum Gasteiger partial charge on any atom is 0.126 e. The molecule has 0 aliphatic rings. The molecule has 0 aliphatic carbocycles. The Morgan fingerprint density at radius 2 is 2.05 bits per heavy atom. The molecule has 0 aliphatic heterocycles. The molecule has 1 N–H and O–H groups in total. The van der Waals surface area contributed by atoms with Gasteiger partial charge in [0.15, 0.2) is 0 Å². The number of halogens is 1. The standard InChI is InChI=1S/C16H22FN3/c1-12-8-15(20(3)19-12)10-13(11-18-2)9-14-6-4-5-7-16(14)17/h4-8,13,18H,9-11H2,1-3H3. The van der Waals surface area contributed by atoms with Crippen LogP contribution in [0.3, 0.4) is 0 Å². The molecule has 4 heteroatoms. The van der Waals surface area contributed by atoms with Gasteiger partial charge in [-0.25, -0.2) is 4.39 Å². The lowest BCUT2D eigenvalue weighted by Gasteiger charge is -2.17. The number of hydrogen-bond acceptors (Lipinski definition) is 2. The number of nitrogens with one attached hydrogen (secondary N) is 1. The lowest BCUT2D eigenvalue weighted by molar-refractivity contribution is 0.466. The van der Waals surface area contributed by atoms with Crippen molar-refractivity contribution in [2.75, 3.05) is 13.6 Å². The van der Waals surface area contributed by atoms with Crippen molar-refractivity contribution in [3.63, 3.8) is 0 Å². The summed E-state index contributed by atoms with van der Waals surface area (Å²) in [7, 11) is 3.89. The van der Waals surface area contributed by atoms with Gasteiger partial charge in [0.05, 0.1) is 5.69 Å². The van der Waals surface area contributed by atoms with Crippen LogP contribution in [0.15, 0.2) is 30.3 Å². The molecule has 108 valence electrons. The van der Waals surface area contributed by atoms with Crippen LogP contribution in [0.1, 0.15) is 17.0 Å². The van der Waals surface area contributed by atoms with E-state index >= 15 is 0 Å². The molecule has 1 unspecified atom stereocenters. The molecular formula is C16H22FN3. The highest BCUT2D eigenvalue weighted by molar-refractivity contribution is 5.19. The third-order valence-corrected chi connectivity index (χ3v) is 3.56. The number of benzene rings is 1. The number of aryl methyl sites for hydroxylation is 2. The molecule has 1 aromatic heterocycles. The molecule has 0 saturated heterocycles. The Labute approximate surface area is 119 Å². The first kappa shape index (κ1) is 14.7. The number of aromatic nitrogens is 2. The summed E-state index contributed by atoms with van der Waals surface area (Å²) in [5.41, 5.74) is 3.00. The maximum absolute atomic E-state index is 13.8. The quantitative estimate of drug-likeness (QED) is 0.878. The summed E-state index contributed by atoms with van der Waals surface area (Å²) < 4.78 is 15.7. The van der Waals surface area contributed by atoms with Crippen molar-refractivity contribution in [1.82, 2.24) is 15.1 Å². The van der Waals surface area contributed by atoms with Crippen molar-refractivity contribution in [1.29, 1.82) is 0 Å². The smallest absolute Gasteiger partial charge is 0.126 e. The number of nitrogens with zero attached hydrogens (tertiary/aromatic N) is 2. The van der Waals surface area contributed by atoms with Crippen LogP contribution in [-0.4, -0.2) is 23.4 Å². The van der Waals surface area contributed by atoms with Crippen LogP contribution in [0, 0.1) is 18.7 Å². The zero-order chi connectivity index (χ0) is 14.5. The van der Waals surface area contributed by atoms with Gasteiger partial charge in [0.1, 0.15) is 5.82 Å². The van der Waals surface area contributed by atoms with Crippen LogP contribution in [0.4, 0.5) is 4.39 Å². The van der Waals surface area contributed by atoms with Crippen molar-refractivity contribution < 1.29 is 4.39 Å². The van der Waals surface area contributed by atoms with E-state index in [1.807, 2.05) is 37.8 Å². The van der Waals surface area contributed by atoms with Crippen LogP contribution in [0.2, 0.25) is 0 Å². The molecule has 0 bridgehead atoms. The zero-order valence-electron chi connectivity index (χ0n) is 12.4. The highest BCUT2D eigenvalue weighted by atomic mass is 19.1. The summed E-state index contributed by atoms with van der Waals surface area (Å²) in [6.45, 7) is 2.85. The van der Waals surface area contributed by atoms with Crippen LogP contribution in [-0.2, 0) is 19.9 Å². The molecule has 1 heterocycles. The number of rotatable bonds is 6. The second kappa shape index (κ2) is 6.66. The summed E-state index contributed by atoms with van der Waals surface area (Å²) in [6.07, 6.45) is 1.63. The minimum Gasteiger partial charge on any atom is -0.319 e. The summed E-state index contributed by atoms with van der Waals surface area (Å²) in [6, 6.07) is 9.12. The van der Waals surface area contributed by atoms with E-state index < -0.39 is 0 Å². The zero-order valence-corrected chi connectivity index (χ0v) is 12.4. The largest absolute Gasteiger partial charge is 0.319 e. The Morgan fingerprint density at radius 3 is 2.65 bits per heavy atom. The first-order valence-corrected chi connectivity index (χ1v) is 6.97.